The molecule has 0 aliphatic rings. The Hall–Kier alpha value is -2.63. The van der Waals surface area contributed by atoms with Crippen LogP contribution >= 0.6 is 0 Å². The van der Waals surface area contributed by atoms with Crippen molar-refractivity contribution in [1.29, 1.82) is 0 Å². The molecule has 0 spiro atoms. The second-order valence-electron chi connectivity index (χ2n) is 6.37. The molecule has 4 rings (SSSR count). The van der Waals surface area contributed by atoms with E-state index in [9.17, 15) is 9.59 Å². The number of para-hydroxylation sites is 1. The molecule has 0 aliphatic carbocycles. The van der Waals surface area contributed by atoms with Gasteiger partial charge in [0, 0.05) is 62.8 Å². The molecule has 0 saturated heterocycles. The van der Waals surface area contributed by atoms with Gasteiger partial charge in [-0.2, -0.15) is 0 Å². The molecule has 0 bridgehead atoms. The van der Waals surface area contributed by atoms with Crippen LogP contribution in [-0.4, -0.2) is 28.7 Å². The van der Waals surface area contributed by atoms with Gasteiger partial charge in [-0.1, -0.05) is 24.1 Å². The largest absolute Gasteiger partial charge is 0.432 e. The Morgan fingerprint density at radius 3 is 2.69 bits per heavy atom. The molecular formula is C20H17N6O2Y-. The van der Waals surface area contributed by atoms with E-state index in [0.717, 1.165) is 21.2 Å². The zero-order valence-electron chi connectivity index (χ0n) is 16.3. The molecule has 143 valence electrons. The average Bonchev–Trinajstić information content (AvgIpc) is 3.12. The van der Waals surface area contributed by atoms with Crippen LogP contribution < -0.4 is 11.2 Å². The Morgan fingerprint density at radius 1 is 1.17 bits per heavy atom. The molecule has 0 aliphatic heterocycles. The summed E-state index contributed by atoms with van der Waals surface area (Å²) in [6.45, 7) is 3.83. The normalized spacial score (nSPS) is 10.6. The third kappa shape index (κ3) is 3.68. The van der Waals surface area contributed by atoms with Crippen LogP contribution in [0.25, 0.3) is 22.1 Å². The summed E-state index contributed by atoms with van der Waals surface area (Å²) >= 11 is 0. The summed E-state index contributed by atoms with van der Waals surface area (Å²) in [6.07, 6.45) is 2.74. The molecule has 0 N–H and O–H groups in total. The SMILES string of the molecule is CC#CCn1[c-]nc2c1c(=O)n(Cc1nc(C)c3ccccc3n1)c(=O)n2C.[Y]. The van der Waals surface area contributed by atoms with Gasteiger partial charge in [0.15, 0.2) is 0 Å². The average molecular weight is 462 g/mol. The van der Waals surface area contributed by atoms with Gasteiger partial charge in [0.1, 0.15) is 5.82 Å². The Morgan fingerprint density at radius 2 is 1.93 bits per heavy atom. The van der Waals surface area contributed by atoms with Crippen LogP contribution in [0.1, 0.15) is 18.4 Å². The van der Waals surface area contributed by atoms with Crippen LogP contribution in [0.3, 0.4) is 0 Å². The van der Waals surface area contributed by atoms with Gasteiger partial charge in [-0.3, -0.25) is 9.36 Å². The third-order valence-corrected chi connectivity index (χ3v) is 4.60. The number of hydrogen-bond donors (Lipinski definition) is 0. The van der Waals surface area contributed by atoms with Gasteiger partial charge in [0.05, 0.1) is 18.6 Å². The first-order valence-electron chi connectivity index (χ1n) is 8.71. The van der Waals surface area contributed by atoms with Crippen molar-refractivity contribution < 1.29 is 32.7 Å². The van der Waals surface area contributed by atoms with Gasteiger partial charge < -0.3 is 14.1 Å². The van der Waals surface area contributed by atoms with Crippen LogP contribution in [-0.2, 0) is 52.8 Å². The number of benzene rings is 1. The first-order chi connectivity index (χ1) is 13.5. The minimum atomic E-state index is -0.480. The van der Waals surface area contributed by atoms with Gasteiger partial charge in [-0.05, 0) is 25.4 Å². The van der Waals surface area contributed by atoms with Crippen LogP contribution in [0.5, 0.6) is 0 Å². The first kappa shape index (κ1) is 21.1. The second kappa shape index (κ2) is 8.40. The Bertz CT molecular complexity index is 1400. The number of nitrogens with zero attached hydrogens (tertiary/aromatic N) is 6. The van der Waals surface area contributed by atoms with Crippen molar-refractivity contribution >= 4 is 22.1 Å². The monoisotopic (exact) mass is 462 g/mol. The van der Waals surface area contributed by atoms with Crippen molar-refractivity contribution in [3.63, 3.8) is 0 Å². The Kier molecular flexibility index (Phi) is 6.11. The molecule has 0 amide bonds. The number of aromatic nitrogens is 6. The molecule has 8 nitrogen and oxygen atoms in total. The minimum Gasteiger partial charge on any atom is -0.432 e. The van der Waals surface area contributed by atoms with E-state index in [4.69, 9.17) is 0 Å². The molecule has 9 heteroatoms. The molecule has 3 heterocycles. The van der Waals surface area contributed by atoms with E-state index in [-0.39, 0.29) is 57.0 Å². The molecule has 0 unspecified atom stereocenters. The van der Waals surface area contributed by atoms with E-state index in [1.54, 1.807) is 14.0 Å². The van der Waals surface area contributed by atoms with E-state index in [1.165, 1.54) is 9.13 Å². The number of hydrogen-bond acceptors (Lipinski definition) is 5. The molecule has 0 saturated carbocycles. The maximum atomic E-state index is 13.1. The van der Waals surface area contributed by atoms with E-state index in [2.05, 4.69) is 33.1 Å². The van der Waals surface area contributed by atoms with Crippen molar-refractivity contribution in [2.24, 2.45) is 7.05 Å². The Labute approximate surface area is 191 Å². The smallest absolute Gasteiger partial charge is 0.320 e. The standard InChI is InChI=1S/C20H17N6O2.Y/c1-4-5-10-25-12-21-18-17(25)19(27)26(20(28)24(18)3)11-16-22-13(2)14-8-6-7-9-15(14)23-16;/h6-9H,10-11H2,1-3H3;/q-1;. The summed E-state index contributed by atoms with van der Waals surface area (Å²) in [7, 11) is 1.57. The van der Waals surface area contributed by atoms with Gasteiger partial charge in [0.25, 0.3) is 0 Å². The summed E-state index contributed by atoms with van der Waals surface area (Å²) in [5.41, 5.74) is 1.18. The zero-order chi connectivity index (χ0) is 19.8. The Balaban J connectivity index is 0.00000240. The van der Waals surface area contributed by atoms with E-state index in [1.807, 2.05) is 31.2 Å². The molecular weight excluding hydrogens is 445 g/mol. The number of rotatable bonds is 3. The molecule has 0 atom stereocenters. The maximum absolute atomic E-state index is 13.1. The van der Waals surface area contributed by atoms with Crippen molar-refractivity contribution in [2.45, 2.75) is 26.9 Å². The molecule has 1 radical (unpaired) electrons. The van der Waals surface area contributed by atoms with E-state index >= 15 is 0 Å². The van der Waals surface area contributed by atoms with Crippen molar-refractivity contribution in [1.82, 2.24) is 28.7 Å². The molecule has 4 aromatic rings. The topological polar surface area (TPSA) is 87.6 Å². The predicted octanol–water partition coefficient (Wildman–Crippen LogP) is 1.02. The van der Waals surface area contributed by atoms with Gasteiger partial charge in [-0.15, -0.1) is 5.92 Å². The fourth-order valence-electron chi connectivity index (χ4n) is 3.18. The van der Waals surface area contributed by atoms with Crippen molar-refractivity contribution in [3.05, 3.63) is 62.9 Å². The van der Waals surface area contributed by atoms with Crippen molar-refractivity contribution in [2.75, 3.05) is 0 Å². The van der Waals surface area contributed by atoms with Crippen LogP contribution in [0.2, 0.25) is 0 Å². The third-order valence-electron chi connectivity index (χ3n) is 4.60. The summed E-state index contributed by atoms with van der Waals surface area (Å²) in [5.74, 6) is 6.06. The van der Waals surface area contributed by atoms with Gasteiger partial charge in [-0.25, -0.2) is 14.8 Å². The fraction of sp³-hybridized carbons (Fsp3) is 0.250. The molecule has 1 aromatic carbocycles. The second-order valence-corrected chi connectivity index (χ2v) is 6.37. The summed E-state index contributed by atoms with van der Waals surface area (Å²) < 4.78 is 3.98. The number of imidazole rings is 1. The number of aryl methyl sites for hydroxylation is 2. The first-order valence-corrected chi connectivity index (χ1v) is 8.71. The molecule has 3 aromatic heterocycles. The zero-order valence-corrected chi connectivity index (χ0v) is 19.1. The number of fused-ring (bicyclic) bond motifs is 2. The van der Waals surface area contributed by atoms with E-state index in [0.29, 0.717) is 5.82 Å². The minimum absolute atomic E-state index is 0. The van der Waals surface area contributed by atoms with E-state index < -0.39 is 11.2 Å². The summed E-state index contributed by atoms with van der Waals surface area (Å²) in [5, 5.41) is 0.938. The molecule has 29 heavy (non-hydrogen) atoms. The quantitative estimate of drug-likeness (QED) is 0.335. The maximum Gasteiger partial charge on any atom is 0.320 e. The van der Waals surface area contributed by atoms with Crippen molar-refractivity contribution in [3.8, 4) is 11.8 Å². The summed E-state index contributed by atoms with van der Waals surface area (Å²) in [4.78, 5) is 38.9. The van der Waals surface area contributed by atoms with Crippen LogP contribution in [0, 0.1) is 25.1 Å². The van der Waals surface area contributed by atoms with Gasteiger partial charge >= 0.3 is 5.69 Å². The predicted molar refractivity (Wildman–Crippen MR) is 105 cm³/mol. The molecule has 0 fully saturated rings. The summed E-state index contributed by atoms with van der Waals surface area (Å²) in [6, 6.07) is 7.63. The van der Waals surface area contributed by atoms with Crippen LogP contribution in [0.4, 0.5) is 0 Å². The van der Waals surface area contributed by atoms with Crippen LogP contribution in [0.15, 0.2) is 33.9 Å². The van der Waals surface area contributed by atoms with Gasteiger partial charge in [0.2, 0.25) is 5.56 Å². The fourth-order valence-corrected chi connectivity index (χ4v) is 3.18.